The summed E-state index contributed by atoms with van der Waals surface area (Å²) in [6.07, 6.45) is 2.32. The minimum absolute atomic E-state index is 0.0259. The fourth-order valence-corrected chi connectivity index (χ4v) is 2.70. The number of ether oxygens (including phenoxy) is 2. The highest BCUT2D eigenvalue weighted by molar-refractivity contribution is 7.91. The molecule has 1 heterocycles. The van der Waals surface area contributed by atoms with Crippen LogP contribution in [0.1, 0.15) is 20.3 Å². The molecule has 116 valence electrons. The van der Waals surface area contributed by atoms with Crippen molar-refractivity contribution in [3.8, 4) is 0 Å². The lowest BCUT2D eigenvalue weighted by Gasteiger charge is -2.08. The van der Waals surface area contributed by atoms with Crippen molar-refractivity contribution in [1.82, 2.24) is 14.8 Å². The van der Waals surface area contributed by atoms with Crippen LogP contribution in [0.15, 0.2) is 11.5 Å². The lowest BCUT2D eigenvalue weighted by Crippen LogP contribution is -2.19. The topological polar surface area (TPSA) is 83.3 Å². The van der Waals surface area contributed by atoms with Gasteiger partial charge in [-0.3, -0.25) is 0 Å². The van der Waals surface area contributed by atoms with Crippen LogP contribution in [-0.2, 0) is 25.9 Å². The van der Waals surface area contributed by atoms with Crippen LogP contribution >= 0.6 is 0 Å². The SMILES string of the molecule is COCCn1cnnc1S(=O)(=O)CCOCCC(C)C. The van der Waals surface area contributed by atoms with Gasteiger partial charge in [0.1, 0.15) is 6.33 Å². The molecule has 0 bridgehead atoms. The van der Waals surface area contributed by atoms with E-state index in [-0.39, 0.29) is 17.5 Å². The first kappa shape index (κ1) is 17.1. The molecule has 0 radical (unpaired) electrons. The zero-order chi connectivity index (χ0) is 15.0. The van der Waals surface area contributed by atoms with Crippen molar-refractivity contribution >= 4 is 9.84 Å². The van der Waals surface area contributed by atoms with Crippen molar-refractivity contribution < 1.29 is 17.9 Å². The zero-order valence-electron chi connectivity index (χ0n) is 12.3. The molecule has 1 aromatic heterocycles. The molecule has 0 atom stereocenters. The fraction of sp³-hybridized carbons (Fsp3) is 0.833. The quantitative estimate of drug-likeness (QED) is 0.593. The first-order valence-electron chi connectivity index (χ1n) is 6.64. The van der Waals surface area contributed by atoms with Crippen molar-refractivity contribution in [2.45, 2.75) is 32.0 Å². The van der Waals surface area contributed by atoms with Gasteiger partial charge in [0.15, 0.2) is 0 Å². The van der Waals surface area contributed by atoms with E-state index < -0.39 is 9.84 Å². The normalized spacial score (nSPS) is 12.2. The van der Waals surface area contributed by atoms with E-state index in [4.69, 9.17) is 9.47 Å². The second kappa shape index (κ2) is 8.33. The van der Waals surface area contributed by atoms with Gasteiger partial charge in [0, 0.05) is 20.3 Å². The van der Waals surface area contributed by atoms with Gasteiger partial charge < -0.3 is 14.0 Å². The Morgan fingerprint density at radius 2 is 2.05 bits per heavy atom. The van der Waals surface area contributed by atoms with E-state index in [1.54, 1.807) is 7.11 Å². The van der Waals surface area contributed by atoms with Gasteiger partial charge in [-0.25, -0.2) is 8.42 Å². The maximum atomic E-state index is 12.1. The molecular formula is C12H23N3O4S. The Balaban J connectivity index is 2.50. The average Bonchev–Trinajstić information content (AvgIpc) is 2.84. The summed E-state index contributed by atoms with van der Waals surface area (Å²) in [6, 6.07) is 0. The van der Waals surface area contributed by atoms with Crippen LogP contribution in [-0.4, -0.2) is 55.9 Å². The van der Waals surface area contributed by atoms with Crippen LogP contribution in [0.4, 0.5) is 0 Å². The smallest absolute Gasteiger partial charge is 0.249 e. The Hall–Kier alpha value is -0.990. The number of hydrogen-bond acceptors (Lipinski definition) is 6. The van der Waals surface area contributed by atoms with Crippen molar-refractivity contribution in [3.05, 3.63) is 6.33 Å². The van der Waals surface area contributed by atoms with Gasteiger partial charge in [0.2, 0.25) is 15.0 Å². The van der Waals surface area contributed by atoms with E-state index >= 15 is 0 Å². The van der Waals surface area contributed by atoms with Gasteiger partial charge in [-0.15, -0.1) is 10.2 Å². The van der Waals surface area contributed by atoms with Crippen molar-refractivity contribution in [2.75, 3.05) is 32.7 Å². The van der Waals surface area contributed by atoms with Gasteiger partial charge in [-0.2, -0.15) is 0 Å². The largest absolute Gasteiger partial charge is 0.383 e. The van der Waals surface area contributed by atoms with E-state index in [9.17, 15) is 8.42 Å². The maximum absolute atomic E-state index is 12.1. The van der Waals surface area contributed by atoms with Crippen LogP contribution < -0.4 is 0 Å². The van der Waals surface area contributed by atoms with Crippen molar-refractivity contribution in [2.24, 2.45) is 5.92 Å². The third-order valence-corrected chi connectivity index (χ3v) is 4.31. The highest BCUT2D eigenvalue weighted by Gasteiger charge is 2.21. The number of sulfone groups is 1. The van der Waals surface area contributed by atoms with E-state index in [1.165, 1.54) is 10.9 Å². The van der Waals surface area contributed by atoms with E-state index in [2.05, 4.69) is 24.0 Å². The highest BCUT2D eigenvalue weighted by Crippen LogP contribution is 2.08. The Morgan fingerprint density at radius 3 is 2.70 bits per heavy atom. The minimum atomic E-state index is -3.47. The summed E-state index contributed by atoms with van der Waals surface area (Å²) >= 11 is 0. The molecule has 0 saturated carbocycles. The number of aromatic nitrogens is 3. The lowest BCUT2D eigenvalue weighted by molar-refractivity contribution is 0.137. The predicted octanol–water partition coefficient (Wildman–Crippen LogP) is 0.761. The number of nitrogens with zero attached hydrogens (tertiary/aromatic N) is 3. The molecule has 0 saturated heterocycles. The predicted molar refractivity (Wildman–Crippen MR) is 74.2 cm³/mol. The Labute approximate surface area is 120 Å². The molecule has 1 rings (SSSR count). The number of rotatable bonds is 10. The van der Waals surface area contributed by atoms with Gasteiger partial charge in [-0.1, -0.05) is 13.8 Å². The van der Waals surface area contributed by atoms with Gasteiger partial charge in [0.05, 0.1) is 19.0 Å². The summed E-state index contributed by atoms with van der Waals surface area (Å²) in [4.78, 5) is 0. The molecule has 0 amide bonds. The summed E-state index contributed by atoms with van der Waals surface area (Å²) in [5, 5.41) is 7.30. The monoisotopic (exact) mass is 305 g/mol. The molecule has 0 aliphatic rings. The Bertz CT molecular complexity index is 485. The summed E-state index contributed by atoms with van der Waals surface area (Å²) < 4.78 is 36.0. The third kappa shape index (κ3) is 5.56. The molecule has 0 fully saturated rings. The minimum Gasteiger partial charge on any atom is -0.383 e. The highest BCUT2D eigenvalue weighted by atomic mass is 32.2. The van der Waals surface area contributed by atoms with Crippen LogP contribution in [0.3, 0.4) is 0 Å². The summed E-state index contributed by atoms with van der Waals surface area (Å²) in [7, 11) is -1.91. The second-order valence-electron chi connectivity index (χ2n) is 4.91. The maximum Gasteiger partial charge on any atom is 0.249 e. The van der Waals surface area contributed by atoms with E-state index in [0.717, 1.165) is 6.42 Å². The molecule has 0 aromatic carbocycles. The molecular weight excluding hydrogens is 282 g/mol. The molecule has 20 heavy (non-hydrogen) atoms. The van der Waals surface area contributed by atoms with Crippen LogP contribution in [0.2, 0.25) is 0 Å². The first-order chi connectivity index (χ1) is 9.47. The molecule has 0 unspecified atom stereocenters. The van der Waals surface area contributed by atoms with Gasteiger partial charge >= 0.3 is 0 Å². The van der Waals surface area contributed by atoms with Crippen LogP contribution in [0, 0.1) is 5.92 Å². The number of methoxy groups -OCH3 is 1. The van der Waals surface area contributed by atoms with E-state index in [0.29, 0.717) is 25.7 Å². The standard InChI is InChI=1S/C12H23N3O4S/c1-11(2)4-6-19-8-9-20(16,17)12-14-13-10-15(12)5-7-18-3/h10-11H,4-9H2,1-3H3. The lowest BCUT2D eigenvalue weighted by atomic mass is 10.1. The molecule has 7 nitrogen and oxygen atoms in total. The Kier molecular flexibility index (Phi) is 7.11. The zero-order valence-corrected chi connectivity index (χ0v) is 13.1. The molecule has 0 spiro atoms. The average molecular weight is 305 g/mol. The van der Waals surface area contributed by atoms with Crippen molar-refractivity contribution in [3.63, 3.8) is 0 Å². The summed E-state index contributed by atoms with van der Waals surface area (Å²) in [6.45, 7) is 5.75. The molecule has 0 aliphatic heterocycles. The van der Waals surface area contributed by atoms with Gasteiger partial charge in [0.25, 0.3) is 0 Å². The van der Waals surface area contributed by atoms with Crippen LogP contribution in [0.25, 0.3) is 0 Å². The van der Waals surface area contributed by atoms with Crippen LogP contribution in [0.5, 0.6) is 0 Å². The summed E-state index contributed by atoms with van der Waals surface area (Å²) in [5.74, 6) is 0.459. The second-order valence-corrected chi connectivity index (χ2v) is 6.92. The Morgan fingerprint density at radius 1 is 1.30 bits per heavy atom. The summed E-state index contributed by atoms with van der Waals surface area (Å²) in [5.41, 5.74) is 0. The van der Waals surface area contributed by atoms with Gasteiger partial charge in [-0.05, 0) is 12.3 Å². The van der Waals surface area contributed by atoms with Crippen molar-refractivity contribution in [1.29, 1.82) is 0 Å². The first-order valence-corrected chi connectivity index (χ1v) is 8.30. The molecule has 8 heteroatoms. The number of hydrogen-bond donors (Lipinski definition) is 0. The fourth-order valence-electron chi connectivity index (χ4n) is 1.51. The third-order valence-electron chi connectivity index (χ3n) is 2.73. The molecule has 0 N–H and O–H groups in total. The molecule has 1 aromatic rings. The molecule has 0 aliphatic carbocycles. The van der Waals surface area contributed by atoms with E-state index in [1.807, 2.05) is 0 Å².